The number of benzene rings is 1. The summed E-state index contributed by atoms with van der Waals surface area (Å²) in [5, 5.41) is 17.3. The molecule has 112 valence electrons. The molecule has 0 atom stereocenters. The largest absolute Gasteiger partial charge is 0.395 e. The van der Waals surface area contributed by atoms with E-state index in [0.717, 1.165) is 9.87 Å². The van der Waals surface area contributed by atoms with Crippen LogP contribution in [-0.2, 0) is 10.0 Å². The van der Waals surface area contributed by atoms with Crippen LogP contribution >= 0.6 is 0 Å². The Morgan fingerprint density at radius 2 is 2.05 bits per heavy atom. The van der Waals surface area contributed by atoms with E-state index in [4.69, 9.17) is 10.4 Å². The molecule has 0 heterocycles. The highest BCUT2D eigenvalue weighted by Crippen LogP contribution is 2.20. The fraction of sp³-hybridized carbons (Fsp3) is 0.400. The maximum atomic E-state index is 12.5. The van der Waals surface area contributed by atoms with Crippen molar-refractivity contribution in [3.8, 4) is 17.9 Å². The maximum Gasteiger partial charge on any atom is 0.244 e. The monoisotopic (exact) mass is 306 g/mol. The minimum atomic E-state index is -3.68. The minimum absolute atomic E-state index is 0.0665. The van der Waals surface area contributed by atoms with Crippen molar-refractivity contribution in [2.45, 2.75) is 24.7 Å². The lowest BCUT2D eigenvalue weighted by Crippen LogP contribution is -2.28. The number of hydrogen-bond donors (Lipinski definition) is 1. The van der Waals surface area contributed by atoms with E-state index in [1.807, 2.05) is 13.0 Å². The second-order valence-corrected chi connectivity index (χ2v) is 6.52. The molecule has 6 heteroatoms. The molecule has 0 unspecified atom stereocenters. The zero-order valence-electron chi connectivity index (χ0n) is 12.1. The summed E-state index contributed by atoms with van der Waals surface area (Å²) in [5.41, 5.74) is 1.31. The van der Waals surface area contributed by atoms with Gasteiger partial charge in [-0.3, -0.25) is 0 Å². The molecule has 0 spiro atoms. The van der Waals surface area contributed by atoms with Gasteiger partial charge in [0, 0.05) is 32.0 Å². The first kappa shape index (κ1) is 17.2. The summed E-state index contributed by atoms with van der Waals surface area (Å²) in [4.78, 5) is 0.124. The Bertz CT molecular complexity index is 694. The summed E-state index contributed by atoms with van der Waals surface area (Å²) < 4.78 is 26.2. The van der Waals surface area contributed by atoms with Gasteiger partial charge in [0.1, 0.15) is 0 Å². The van der Waals surface area contributed by atoms with Crippen LogP contribution in [0.25, 0.3) is 0 Å². The fourth-order valence-corrected chi connectivity index (χ4v) is 2.97. The van der Waals surface area contributed by atoms with Gasteiger partial charge >= 0.3 is 0 Å². The Morgan fingerprint density at radius 1 is 1.33 bits per heavy atom. The van der Waals surface area contributed by atoms with Crippen LogP contribution in [0.15, 0.2) is 23.1 Å². The second kappa shape index (κ2) is 7.80. The Hall–Kier alpha value is -1.86. The van der Waals surface area contributed by atoms with Gasteiger partial charge < -0.3 is 5.11 Å². The third kappa shape index (κ3) is 4.57. The number of aliphatic hydroxyl groups is 1. The van der Waals surface area contributed by atoms with Crippen molar-refractivity contribution in [3.63, 3.8) is 0 Å². The SMILES string of the molecule is Cc1ccc(S(=O)(=O)N(C)CCC#N)c(C#CCCO)c1. The highest BCUT2D eigenvalue weighted by atomic mass is 32.2. The van der Waals surface area contributed by atoms with E-state index in [2.05, 4.69) is 11.8 Å². The summed E-state index contributed by atoms with van der Waals surface area (Å²) in [5.74, 6) is 5.53. The molecule has 0 bridgehead atoms. The van der Waals surface area contributed by atoms with Gasteiger partial charge in [-0.05, 0) is 24.6 Å². The second-order valence-electron chi connectivity index (χ2n) is 4.51. The van der Waals surface area contributed by atoms with Gasteiger partial charge in [-0.25, -0.2) is 8.42 Å². The third-order valence-electron chi connectivity index (χ3n) is 2.82. The fourth-order valence-electron chi connectivity index (χ4n) is 1.68. The van der Waals surface area contributed by atoms with Gasteiger partial charge in [0.2, 0.25) is 10.0 Å². The molecule has 0 aliphatic heterocycles. The van der Waals surface area contributed by atoms with Crippen LogP contribution in [0.2, 0.25) is 0 Å². The van der Waals surface area contributed by atoms with Crippen molar-refractivity contribution in [1.82, 2.24) is 4.31 Å². The van der Waals surface area contributed by atoms with Gasteiger partial charge in [0.25, 0.3) is 0 Å². The van der Waals surface area contributed by atoms with Gasteiger partial charge in [-0.1, -0.05) is 17.9 Å². The van der Waals surface area contributed by atoms with E-state index in [0.29, 0.717) is 5.56 Å². The van der Waals surface area contributed by atoms with Gasteiger partial charge in [0.05, 0.1) is 17.6 Å². The molecule has 0 aromatic heterocycles. The summed E-state index contributed by atoms with van der Waals surface area (Å²) in [7, 11) is -2.24. The lowest BCUT2D eigenvalue weighted by atomic mass is 10.1. The quantitative estimate of drug-likeness (QED) is 0.830. The van der Waals surface area contributed by atoms with E-state index in [1.165, 1.54) is 13.1 Å². The van der Waals surface area contributed by atoms with Gasteiger partial charge in [-0.2, -0.15) is 9.57 Å². The average Bonchev–Trinajstić information content (AvgIpc) is 2.44. The molecule has 0 amide bonds. The third-order valence-corrected chi connectivity index (χ3v) is 4.74. The molecule has 0 aliphatic rings. The Kier molecular flexibility index (Phi) is 6.39. The first-order chi connectivity index (χ1) is 9.93. The van der Waals surface area contributed by atoms with E-state index in [9.17, 15) is 8.42 Å². The van der Waals surface area contributed by atoms with Gasteiger partial charge in [-0.15, -0.1) is 0 Å². The zero-order chi connectivity index (χ0) is 15.9. The number of rotatable bonds is 5. The normalized spacial score (nSPS) is 10.8. The van der Waals surface area contributed by atoms with Crippen molar-refractivity contribution in [2.75, 3.05) is 20.2 Å². The summed E-state index contributed by atoms with van der Waals surface area (Å²) in [6.07, 6.45) is 0.421. The lowest BCUT2D eigenvalue weighted by molar-refractivity contribution is 0.305. The first-order valence-electron chi connectivity index (χ1n) is 6.47. The number of nitriles is 1. The summed E-state index contributed by atoms with van der Waals surface area (Å²) >= 11 is 0. The van der Waals surface area contributed by atoms with Crippen molar-refractivity contribution >= 4 is 10.0 Å². The topological polar surface area (TPSA) is 81.4 Å². The molecular weight excluding hydrogens is 288 g/mol. The Labute approximate surface area is 125 Å². The number of hydrogen-bond acceptors (Lipinski definition) is 4. The van der Waals surface area contributed by atoms with E-state index < -0.39 is 10.0 Å². The average molecular weight is 306 g/mol. The Morgan fingerprint density at radius 3 is 2.67 bits per heavy atom. The van der Waals surface area contributed by atoms with Crippen LogP contribution in [0.3, 0.4) is 0 Å². The standard InChI is InChI=1S/C15H18N2O3S/c1-13-7-8-15(14(12-13)6-3-4-11-18)21(19,20)17(2)10-5-9-16/h7-8,12,18H,4-5,10-11H2,1-2H3. The van der Waals surface area contributed by atoms with Crippen LogP contribution in [0, 0.1) is 30.1 Å². The molecule has 1 aromatic rings. The molecule has 1 aromatic carbocycles. The van der Waals surface area contributed by atoms with Crippen LogP contribution in [0.1, 0.15) is 24.0 Å². The van der Waals surface area contributed by atoms with E-state index in [-0.39, 0.29) is 30.9 Å². The van der Waals surface area contributed by atoms with Crippen LogP contribution < -0.4 is 0 Å². The predicted octanol–water partition coefficient (Wildman–Crippen LogP) is 1.26. The molecule has 5 nitrogen and oxygen atoms in total. The zero-order valence-corrected chi connectivity index (χ0v) is 12.9. The molecular formula is C15H18N2O3S. The highest BCUT2D eigenvalue weighted by molar-refractivity contribution is 7.89. The summed E-state index contributed by atoms with van der Waals surface area (Å²) in [6, 6.07) is 6.86. The van der Waals surface area contributed by atoms with Crippen molar-refractivity contribution in [2.24, 2.45) is 0 Å². The van der Waals surface area contributed by atoms with E-state index >= 15 is 0 Å². The van der Waals surface area contributed by atoms with Crippen LogP contribution in [0.5, 0.6) is 0 Å². The van der Waals surface area contributed by atoms with Crippen molar-refractivity contribution < 1.29 is 13.5 Å². The first-order valence-corrected chi connectivity index (χ1v) is 7.91. The smallest absolute Gasteiger partial charge is 0.244 e. The molecule has 0 aliphatic carbocycles. The predicted molar refractivity (Wildman–Crippen MR) is 79.8 cm³/mol. The molecule has 0 saturated carbocycles. The molecule has 0 saturated heterocycles. The lowest BCUT2D eigenvalue weighted by Gasteiger charge is -2.17. The number of aryl methyl sites for hydroxylation is 1. The number of sulfonamides is 1. The van der Waals surface area contributed by atoms with E-state index in [1.54, 1.807) is 12.1 Å². The molecule has 0 fully saturated rings. The molecule has 1 rings (SSSR count). The molecule has 0 radical (unpaired) electrons. The molecule has 1 N–H and O–H groups in total. The minimum Gasteiger partial charge on any atom is -0.395 e. The van der Waals surface area contributed by atoms with Crippen molar-refractivity contribution in [1.29, 1.82) is 5.26 Å². The highest BCUT2D eigenvalue weighted by Gasteiger charge is 2.23. The van der Waals surface area contributed by atoms with Crippen LogP contribution in [0.4, 0.5) is 0 Å². The number of aliphatic hydroxyl groups excluding tert-OH is 1. The van der Waals surface area contributed by atoms with Crippen LogP contribution in [-0.4, -0.2) is 38.0 Å². The maximum absolute atomic E-state index is 12.5. The summed E-state index contributed by atoms with van der Waals surface area (Å²) in [6.45, 7) is 1.92. The molecule has 21 heavy (non-hydrogen) atoms. The number of nitrogens with zero attached hydrogens (tertiary/aromatic N) is 2. The Balaban J connectivity index is 3.24. The van der Waals surface area contributed by atoms with Crippen molar-refractivity contribution in [3.05, 3.63) is 29.3 Å². The van der Waals surface area contributed by atoms with Gasteiger partial charge in [0.15, 0.2) is 0 Å².